The minimum Gasteiger partial charge on any atom is -0.325 e. The van der Waals surface area contributed by atoms with Crippen LogP contribution in [-0.2, 0) is 0 Å². The summed E-state index contributed by atoms with van der Waals surface area (Å²) in [7, 11) is 0. The lowest BCUT2D eigenvalue weighted by Gasteiger charge is -2.40. The van der Waals surface area contributed by atoms with Gasteiger partial charge in [0.05, 0.1) is 6.04 Å². The van der Waals surface area contributed by atoms with E-state index in [2.05, 4.69) is 22.0 Å². The van der Waals surface area contributed by atoms with Gasteiger partial charge in [0.25, 0.3) is 0 Å². The molecule has 2 rings (SSSR count). The number of hydrogen-bond donors (Lipinski definition) is 1. The Hall–Kier alpha value is -0.770. The van der Waals surface area contributed by atoms with Gasteiger partial charge in [-0.2, -0.15) is 0 Å². The van der Waals surface area contributed by atoms with Gasteiger partial charge < -0.3 is 15.1 Å². The topological polar surface area (TPSA) is 35.6 Å². The molecule has 2 saturated heterocycles. The van der Waals surface area contributed by atoms with Crippen LogP contribution in [0.25, 0.3) is 0 Å². The standard InChI is InChI=1S/C13H25N3O/c1-2-7-16(12-10-14-11-12)13(17)15-8-5-3-4-6-9-15/h12,14H,2-11H2,1H3. The fraction of sp³-hybridized carbons (Fsp3) is 0.923. The largest absolute Gasteiger partial charge is 0.325 e. The number of nitrogens with zero attached hydrogens (tertiary/aromatic N) is 2. The summed E-state index contributed by atoms with van der Waals surface area (Å²) in [5.74, 6) is 0. The number of nitrogens with one attached hydrogen (secondary N) is 1. The molecule has 2 fully saturated rings. The lowest BCUT2D eigenvalue weighted by Crippen LogP contribution is -2.61. The maximum absolute atomic E-state index is 12.5. The highest BCUT2D eigenvalue weighted by atomic mass is 16.2. The normalized spacial score (nSPS) is 21.8. The van der Waals surface area contributed by atoms with E-state index in [0.29, 0.717) is 6.04 Å². The van der Waals surface area contributed by atoms with Crippen molar-refractivity contribution in [2.24, 2.45) is 0 Å². The summed E-state index contributed by atoms with van der Waals surface area (Å²) in [6.45, 7) is 6.91. The molecule has 4 heteroatoms. The van der Waals surface area contributed by atoms with E-state index in [-0.39, 0.29) is 6.03 Å². The van der Waals surface area contributed by atoms with E-state index >= 15 is 0 Å². The van der Waals surface area contributed by atoms with Crippen LogP contribution in [0.3, 0.4) is 0 Å². The molecule has 2 heterocycles. The van der Waals surface area contributed by atoms with Crippen LogP contribution in [0.1, 0.15) is 39.0 Å². The van der Waals surface area contributed by atoms with Crippen LogP contribution in [0, 0.1) is 0 Å². The predicted molar refractivity (Wildman–Crippen MR) is 69.1 cm³/mol. The molecule has 0 spiro atoms. The molecular formula is C13H25N3O. The Labute approximate surface area is 104 Å². The maximum Gasteiger partial charge on any atom is 0.320 e. The van der Waals surface area contributed by atoms with Gasteiger partial charge >= 0.3 is 6.03 Å². The third kappa shape index (κ3) is 3.12. The van der Waals surface area contributed by atoms with Crippen LogP contribution in [0.2, 0.25) is 0 Å². The molecule has 2 amide bonds. The van der Waals surface area contributed by atoms with Gasteiger partial charge in [-0.3, -0.25) is 0 Å². The molecule has 0 aromatic heterocycles. The van der Waals surface area contributed by atoms with Crippen LogP contribution >= 0.6 is 0 Å². The van der Waals surface area contributed by atoms with Crippen LogP contribution in [0.15, 0.2) is 0 Å². The molecule has 0 radical (unpaired) electrons. The lowest BCUT2D eigenvalue weighted by atomic mass is 10.1. The van der Waals surface area contributed by atoms with E-state index in [0.717, 1.165) is 39.1 Å². The van der Waals surface area contributed by atoms with Crippen molar-refractivity contribution < 1.29 is 4.79 Å². The molecule has 98 valence electrons. The highest BCUT2D eigenvalue weighted by Gasteiger charge is 2.30. The molecule has 4 nitrogen and oxygen atoms in total. The summed E-state index contributed by atoms with van der Waals surface area (Å²) in [5.41, 5.74) is 0. The third-order valence-electron chi connectivity index (χ3n) is 3.79. The van der Waals surface area contributed by atoms with Gasteiger partial charge in [0.1, 0.15) is 0 Å². The molecule has 0 aromatic carbocycles. The monoisotopic (exact) mass is 239 g/mol. The van der Waals surface area contributed by atoms with Gasteiger partial charge in [-0.05, 0) is 19.3 Å². The highest BCUT2D eigenvalue weighted by molar-refractivity contribution is 5.75. The smallest absolute Gasteiger partial charge is 0.320 e. The summed E-state index contributed by atoms with van der Waals surface area (Å²) in [5, 5.41) is 3.26. The van der Waals surface area contributed by atoms with Crippen molar-refractivity contribution in [2.75, 3.05) is 32.7 Å². The van der Waals surface area contributed by atoms with Crippen LogP contribution < -0.4 is 5.32 Å². The van der Waals surface area contributed by atoms with Crippen LogP contribution in [-0.4, -0.2) is 54.6 Å². The van der Waals surface area contributed by atoms with Crippen LogP contribution in [0.5, 0.6) is 0 Å². The summed E-state index contributed by atoms with van der Waals surface area (Å²) in [4.78, 5) is 16.7. The zero-order valence-electron chi connectivity index (χ0n) is 11.0. The van der Waals surface area contributed by atoms with Gasteiger partial charge in [-0.15, -0.1) is 0 Å². The number of rotatable bonds is 3. The number of likely N-dealkylation sites (tertiary alicyclic amines) is 1. The van der Waals surface area contributed by atoms with E-state index in [1.807, 2.05) is 0 Å². The number of hydrogen-bond acceptors (Lipinski definition) is 2. The van der Waals surface area contributed by atoms with E-state index in [1.54, 1.807) is 0 Å². The Kier molecular flexibility index (Phi) is 4.66. The second-order valence-electron chi connectivity index (χ2n) is 5.19. The zero-order chi connectivity index (χ0) is 12.1. The SMILES string of the molecule is CCCN(C(=O)N1CCCCCC1)C1CNC1. The van der Waals surface area contributed by atoms with Crippen molar-refractivity contribution in [3.8, 4) is 0 Å². The van der Waals surface area contributed by atoms with Gasteiger partial charge in [-0.1, -0.05) is 19.8 Å². The summed E-state index contributed by atoms with van der Waals surface area (Å²) in [6, 6.07) is 0.714. The minimum absolute atomic E-state index is 0.278. The molecule has 0 bridgehead atoms. The van der Waals surface area contributed by atoms with E-state index in [4.69, 9.17) is 0 Å². The molecule has 0 atom stereocenters. The zero-order valence-corrected chi connectivity index (χ0v) is 11.0. The minimum atomic E-state index is 0.278. The first-order valence-corrected chi connectivity index (χ1v) is 7.09. The van der Waals surface area contributed by atoms with Gasteiger partial charge in [-0.25, -0.2) is 4.79 Å². The average molecular weight is 239 g/mol. The van der Waals surface area contributed by atoms with Gasteiger partial charge in [0, 0.05) is 32.7 Å². The highest BCUT2D eigenvalue weighted by Crippen LogP contribution is 2.15. The number of carbonyl (C=O) groups is 1. The van der Waals surface area contributed by atoms with Gasteiger partial charge in [0.2, 0.25) is 0 Å². The average Bonchev–Trinajstić information content (AvgIpc) is 2.53. The summed E-state index contributed by atoms with van der Waals surface area (Å²) >= 11 is 0. The molecule has 1 N–H and O–H groups in total. The maximum atomic E-state index is 12.5. The Morgan fingerprint density at radius 3 is 2.35 bits per heavy atom. The molecule has 0 aliphatic carbocycles. The number of amides is 2. The van der Waals surface area contributed by atoms with E-state index in [9.17, 15) is 4.79 Å². The van der Waals surface area contributed by atoms with E-state index < -0.39 is 0 Å². The van der Waals surface area contributed by atoms with Crippen molar-refractivity contribution in [3.63, 3.8) is 0 Å². The first-order chi connectivity index (χ1) is 8.33. The predicted octanol–water partition coefficient (Wildman–Crippen LogP) is 1.67. The molecular weight excluding hydrogens is 214 g/mol. The Morgan fingerprint density at radius 2 is 1.88 bits per heavy atom. The summed E-state index contributed by atoms with van der Waals surface area (Å²) < 4.78 is 0. The molecule has 0 saturated carbocycles. The van der Waals surface area contributed by atoms with Crippen LogP contribution in [0.4, 0.5) is 4.79 Å². The Morgan fingerprint density at radius 1 is 1.24 bits per heavy atom. The molecule has 2 aliphatic heterocycles. The third-order valence-corrected chi connectivity index (χ3v) is 3.79. The number of urea groups is 1. The van der Waals surface area contributed by atoms with Crippen molar-refractivity contribution in [3.05, 3.63) is 0 Å². The van der Waals surface area contributed by atoms with Gasteiger partial charge in [0.15, 0.2) is 0 Å². The molecule has 0 unspecified atom stereocenters. The van der Waals surface area contributed by atoms with Crippen molar-refractivity contribution >= 4 is 6.03 Å². The number of carbonyl (C=O) groups excluding carboxylic acids is 1. The first kappa shape index (κ1) is 12.7. The van der Waals surface area contributed by atoms with Crippen molar-refractivity contribution in [2.45, 2.75) is 45.1 Å². The Bertz CT molecular complexity index is 245. The van der Waals surface area contributed by atoms with Crippen molar-refractivity contribution in [1.29, 1.82) is 0 Å². The fourth-order valence-electron chi connectivity index (χ4n) is 2.61. The second-order valence-corrected chi connectivity index (χ2v) is 5.19. The van der Waals surface area contributed by atoms with Crippen molar-refractivity contribution in [1.82, 2.24) is 15.1 Å². The summed E-state index contributed by atoms with van der Waals surface area (Å²) in [6.07, 6.45) is 5.96. The molecule has 17 heavy (non-hydrogen) atoms. The molecule has 2 aliphatic rings. The first-order valence-electron chi connectivity index (χ1n) is 7.09. The second kappa shape index (κ2) is 6.24. The van der Waals surface area contributed by atoms with E-state index in [1.165, 1.54) is 25.7 Å². The molecule has 0 aromatic rings. The Balaban J connectivity index is 1.93. The fourth-order valence-corrected chi connectivity index (χ4v) is 2.61. The lowest BCUT2D eigenvalue weighted by molar-refractivity contribution is 0.116. The quantitative estimate of drug-likeness (QED) is 0.813.